The van der Waals surface area contributed by atoms with Crippen LogP contribution in [0.25, 0.3) is 0 Å². The van der Waals surface area contributed by atoms with E-state index in [1.54, 1.807) is 13.3 Å². The zero-order chi connectivity index (χ0) is 11.5. The molecular formula is C12H13BrN2O. The van der Waals surface area contributed by atoms with Crippen LogP contribution in [0.3, 0.4) is 0 Å². The summed E-state index contributed by atoms with van der Waals surface area (Å²) in [6.07, 6.45) is 8.19. The SMILES string of the molecule is C#CC1CCN(c2ncc(OC)cc2Br)C1. The van der Waals surface area contributed by atoms with Crippen LogP contribution < -0.4 is 9.64 Å². The molecule has 1 unspecified atom stereocenters. The predicted octanol–water partition coefficient (Wildman–Crippen LogP) is 2.31. The molecule has 0 spiro atoms. The highest BCUT2D eigenvalue weighted by Gasteiger charge is 2.23. The van der Waals surface area contributed by atoms with E-state index >= 15 is 0 Å². The van der Waals surface area contributed by atoms with E-state index in [9.17, 15) is 0 Å². The largest absolute Gasteiger partial charge is 0.495 e. The Morgan fingerprint density at radius 3 is 3.06 bits per heavy atom. The molecule has 3 nitrogen and oxygen atoms in total. The molecule has 4 heteroatoms. The predicted molar refractivity (Wildman–Crippen MR) is 67.6 cm³/mol. The van der Waals surface area contributed by atoms with Crippen LogP contribution in [0, 0.1) is 18.3 Å². The number of halogens is 1. The molecule has 0 aliphatic carbocycles. The molecule has 0 N–H and O–H groups in total. The first-order valence-electron chi connectivity index (χ1n) is 5.15. The molecule has 1 fully saturated rings. The Kier molecular flexibility index (Phi) is 3.35. The normalized spacial score (nSPS) is 19.6. The Labute approximate surface area is 104 Å². The molecule has 0 bridgehead atoms. The minimum atomic E-state index is 0.343. The molecule has 1 aromatic heterocycles. The molecule has 16 heavy (non-hydrogen) atoms. The average molecular weight is 281 g/mol. The van der Waals surface area contributed by atoms with Gasteiger partial charge in [-0.05, 0) is 28.4 Å². The molecule has 1 atom stereocenters. The Morgan fingerprint density at radius 2 is 2.50 bits per heavy atom. The first-order valence-corrected chi connectivity index (χ1v) is 5.94. The summed E-state index contributed by atoms with van der Waals surface area (Å²) in [6, 6.07) is 1.92. The second-order valence-corrected chi connectivity index (χ2v) is 4.63. The highest BCUT2D eigenvalue weighted by molar-refractivity contribution is 9.10. The van der Waals surface area contributed by atoms with Crippen LogP contribution in [0.5, 0.6) is 5.75 Å². The van der Waals surface area contributed by atoms with E-state index in [-0.39, 0.29) is 0 Å². The van der Waals surface area contributed by atoms with Gasteiger partial charge in [-0.15, -0.1) is 12.3 Å². The second-order valence-electron chi connectivity index (χ2n) is 3.78. The van der Waals surface area contributed by atoms with Gasteiger partial charge in [-0.2, -0.15) is 0 Å². The summed E-state index contributed by atoms with van der Waals surface area (Å²) in [5.74, 6) is 4.84. The van der Waals surface area contributed by atoms with Gasteiger partial charge in [-0.3, -0.25) is 0 Å². The average Bonchev–Trinajstić information content (AvgIpc) is 2.77. The van der Waals surface area contributed by atoms with Gasteiger partial charge >= 0.3 is 0 Å². The summed E-state index contributed by atoms with van der Waals surface area (Å²) < 4.78 is 6.06. The molecule has 1 aromatic rings. The van der Waals surface area contributed by atoms with E-state index in [1.807, 2.05) is 6.07 Å². The Balaban J connectivity index is 2.19. The van der Waals surface area contributed by atoms with Gasteiger partial charge in [-0.25, -0.2) is 4.98 Å². The van der Waals surface area contributed by atoms with E-state index in [4.69, 9.17) is 11.2 Å². The summed E-state index contributed by atoms with van der Waals surface area (Å²) in [5, 5.41) is 0. The molecule has 84 valence electrons. The molecule has 0 saturated carbocycles. The van der Waals surface area contributed by atoms with Crippen molar-refractivity contribution in [1.29, 1.82) is 0 Å². The van der Waals surface area contributed by atoms with E-state index in [0.29, 0.717) is 5.92 Å². The second kappa shape index (κ2) is 4.75. The maximum absolute atomic E-state index is 5.43. The summed E-state index contributed by atoms with van der Waals surface area (Å²) >= 11 is 3.50. The Hall–Kier alpha value is -1.21. The van der Waals surface area contributed by atoms with Crippen molar-refractivity contribution in [3.05, 3.63) is 16.7 Å². The number of hydrogen-bond acceptors (Lipinski definition) is 3. The van der Waals surface area contributed by atoms with Gasteiger partial charge < -0.3 is 9.64 Å². The number of anilines is 1. The number of ether oxygens (including phenoxy) is 1. The number of methoxy groups -OCH3 is 1. The molecule has 0 amide bonds. The van der Waals surface area contributed by atoms with Gasteiger partial charge in [0.2, 0.25) is 0 Å². The van der Waals surface area contributed by atoms with Gasteiger partial charge in [0, 0.05) is 19.0 Å². The minimum Gasteiger partial charge on any atom is -0.495 e. The van der Waals surface area contributed by atoms with Crippen molar-refractivity contribution in [1.82, 2.24) is 4.98 Å². The van der Waals surface area contributed by atoms with Gasteiger partial charge in [0.05, 0.1) is 17.8 Å². The van der Waals surface area contributed by atoms with Crippen LogP contribution in [0.1, 0.15) is 6.42 Å². The zero-order valence-electron chi connectivity index (χ0n) is 9.11. The molecular weight excluding hydrogens is 268 g/mol. The van der Waals surface area contributed by atoms with Crippen molar-refractivity contribution >= 4 is 21.7 Å². The molecule has 2 heterocycles. The maximum atomic E-state index is 5.43. The number of rotatable bonds is 2. The Morgan fingerprint density at radius 1 is 1.69 bits per heavy atom. The minimum absolute atomic E-state index is 0.343. The van der Waals surface area contributed by atoms with Gasteiger partial charge in [0.1, 0.15) is 11.6 Å². The lowest BCUT2D eigenvalue weighted by molar-refractivity contribution is 0.412. The van der Waals surface area contributed by atoms with Crippen LogP contribution in [-0.2, 0) is 0 Å². The Bertz CT molecular complexity index is 428. The quantitative estimate of drug-likeness (QED) is 0.778. The fraction of sp³-hybridized carbons (Fsp3) is 0.417. The van der Waals surface area contributed by atoms with E-state index in [0.717, 1.165) is 35.6 Å². The molecule has 1 aliphatic rings. The molecule has 1 aliphatic heterocycles. The maximum Gasteiger partial charge on any atom is 0.143 e. The lowest BCUT2D eigenvalue weighted by Gasteiger charge is -2.18. The van der Waals surface area contributed by atoms with Crippen molar-refractivity contribution in [2.24, 2.45) is 5.92 Å². The summed E-state index contributed by atoms with van der Waals surface area (Å²) in [6.45, 7) is 1.85. The highest BCUT2D eigenvalue weighted by Crippen LogP contribution is 2.30. The smallest absolute Gasteiger partial charge is 0.143 e. The molecule has 2 rings (SSSR count). The van der Waals surface area contributed by atoms with Crippen LogP contribution in [0.4, 0.5) is 5.82 Å². The van der Waals surface area contributed by atoms with E-state index in [2.05, 4.69) is 31.7 Å². The molecule has 0 aromatic carbocycles. The number of nitrogens with zero attached hydrogens (tertiary/aromatic N) is 2. The van der Waals surface area contributed by atoms with Crippen LogP contribution in [0.15, 0.2) is 16.7 Å². The number of terminal acetylenes is 1. The topological polar surface area (TPSA) is 25.4 Å². The summed E-state index contributed by atoms with van der Waals surface area (Å²) in [4.78, 5) is 6.59. The first kappa shape index (κ1) is 11.3. The van der Waals surface area contributed by atoms with E-state index in [1.165, 1.54) is 0 Å². The standard InChI is InChI=1S/C12H13BrN2O/c1-3-9-4-5-15(8-9)12-11(13)6-10(16-2)7-14-12/h1,6-7,9H,4-5,8H2,2H3. The van der Waals surface area contributed by atoms with Crippen LogP contribution in [-0.4, -0.2) is 25.2 Å². The lowest BCUT2D eigenvalue weighted by atomic mass is 10.1. The molecule has 0 radical (unpaired) electrons. The summed E-state index contributed by atoms with van der Waals surface area (Å²) in [5.41, 5.74) is 0. The zero-order valence-corrected chi connectivity index (χ0v) is 10.7. The molecule has 1 saturated heterocycles. The number of pyridine rings is 1. The fourth-order valence-electron chi connectivity index (χ4n) is 1.85. The van der Waals surface area contributed by atoms with Gasteiger partial charge in [-0.1, -0.05) is 0 Å². The third-order valence-electron chi connectivity index (χ3n) is 2.76. The number of aromatic nitrogens is 1. The van der Waals surface area contributed by atoms with E-state index < -0.39 is 0 Å². The van der Waals surface area contributed by atoms with Crippen molar-refractivity contribution < 1.29 is 4.74 Å². The first-order chi connectivity index (χ1) is 7.74. The lowest BCUT2D eigenvalue weighted by Crippen LogP contribution is -2.20. The fourth-order valence-corrected chi connectivity index (χ4v) is 2.42. The monoisotopic (exact) mass is 280 g/mol. The third-order valence-corrected chi connectivity index (χ3v) is 3.34. The van der Waals surface area contributed by atoms with Crippen molar-refractivity contribution in [3.63, 3.8) is 0 Å². The van der Waals surface area contributed by atoms with Crippen molar-refractivity contribution in [2.45, 2.75) is 6.42 Å². The number of hydrogen-bond donors (Lipinski definition) is 0. The third kappa shape index (κ3) is 2.14. The van der Waals surface area contributed by atoms with Crippen molar-refractivity contribution in [3.8, 4) is 18.1 Å². The van der Waals surface area contributed by atoms with Crippen molar-refractivity contribution in [2.75, 3.05) is 25.1 Å². The van der Waals surface area contributed by atoms with Gasteiger partial charge in [0.15, 0.2) is 0 Å². The van der Waals surface area contributed by atoms with Gasteiger partial charge in [0.25, 0.3) is 0 Å². The summed E-state index contributed by atoms with van der Waals surface area (Å²) in [7, 11) is 1.63. The van der Waals surface area contributed by atoms with Crippen LogP contribution in [0.2, 0.25) is 0 Å². The highest BCUT2D eigenvalue weighted by atomic mass is 79.9. The van der Waals surface area contributed by atoms with Crippen LogP contribution >= 0.6 is 15.9 Å².